The Morgan fingerprint density at radius 2 is 1.79 bits per heavy atom. The number of likely N-dealkylation sites (tertiary alicyclic amines) is 1. The summed E-state index contributed by atoms with van der Waals surface area (Å²) >= 11 is 1.45. The Bertz CT molecular complexity index is 953. The third kappa shape index (κ3) is 5.32. The quantitative estimate of drug-likeness (QED) is 0.675. The van der Waals surface area contributed by atoms with Crippen LogP contribution in [0.15, 0.2) is 52.3 Å². The molecule has 3 rings (SSSR count). The van der Waals surface area contributed by atoms with E-state index in [1.807, 2.05) is 23.3 Å². The molecule has 0 unspecified atom stereocenters. The van der Waals surface area contributed by atoms with Gasteiger partial charge in [-0.15, -0.1) is 11.8 Å². The summed E-state index contributed by atoms with van der Waals surface area (Å²) in [6.07, 6.45) is 4.99. The maximum Gasteiger partial charge on any atom is 0.255 e. The molecule has 0 saturated carbocycles. The van der Waals surface area contributed by atoms with Crippen LogP contribution in [0.25, 0.3) is 0 Å². The molecule has 29 heavy (non-hydrogen) atoms. The lowest BCUT2D eigenvalue weighted by Crippen LogP contribution is -2.36. The number of nitrogens with zero attached hydrogens (tertiary/aromatic N) is 1. The molecule has 1 saturated heterocycles. The van der Waals surface area contributed by atoms with Crippen LogP contribution in [-0.4, -0.2) is 45.7 Å². The Hall–Kier alpha value is -2.03. The molecule has 0 bridgehead atoms. The van der Waals surface area contributed by atoms with E-state index in [-0.39, 0.29) is 17.3 Å². The zero-order valence-electron chi connectivity index (χ0n) is 16.7. The molecule has 1 N–H and O–H groups in total. The van der Waals surface area contributed by atoms with Crippen LogP contribution in [0.4, 0.5) is 0 Å². The fourth-order valence-corrected chi connectivity index (χ4v) is 4.91. The predicted molar refractivity (Wildman–Crippen MR) is 115 cm³/mol. The van der Waals surface area contributed by atoms with Gasteiger partial charge in [0.2, 0.25) is 10.0 Å². The van der Waals surface area contributed by atoms with Gasteiger partial charge in [0.25, 0.3) is 5.91 Å². The number of piperidine rings is 1. The van der Waals surface area contributed by atoms with Crippen molar-refractivity contribution in [1.82, 2.24) is 9.62 Å². The average Bonchev–Trinajstić information content (AvgIpc) is 2.77. The predicted octanol–water partition coefficient (Wildman–Crippen LogP) is 3.52. The molecule has 6 nitrogen and oxygen atoms in total. The molecule has 2 aromatic carbocycles. The zero-order chi connectivity index (χ0) is 20.9. The summed E-state index contributed by atoms with van der Waals surface area (Å²) in [5.41, 5.74) is 1.27. The van der Waals surface area contributed by atoms with Crippen LogP contribution in [0.2, 0.25) is 0 Å². The highest BCUT2D eigenvalue weighted by Gasteiger charge is 2.23. The molecule has 0 aliphatic carbocycles. The Kier molecular flexibility index (Phi) is 7.21. The van der Waals surface area contributed by atoms with Gasteiger partial charge < -0.3 is 9.64 Å². The van der Waals surface area contributed by atoms with Gasteiger partial charge in [-0.1, -0.05) is 12.1 Å². The number of thioether (sulfide) groups is 1. The first-order valence-corrected chi connectivity index (χ1v) is 12.3. The Balaban J connectivity index is 1.80. The van der Waals surface area contributed by atoms with Gasteiger partial charge >= 0.3 is 0 Å². The van der Waals surface area contributed by atoms with Gasteiger partial charge in [-0.05, 0) is 61.4 Å². The van der Waals surface area contributed by atoms with Crippen LogP contribution in [0.3, 0.4) is 0 Å². The highest BCUT2D eigenvalue weighted by Crippen LogP contribution is 2.26. The molecule has 1 heterocycles. The van der Waals surface area contributed by atoms with Crippen molar-refractivity contribution in [1.29, 1.82) is 0 Å². The van der Waals surface area contributed by atoms with Crippen LogP contribution >= 0.6 is 11.8 Å². The number of rotatable bonds is 7. The normalized spacial score (nSPS) is 14.6. The minimum atomic E-state index is -3.75. The Labute approximate surface area is 176 Å². The number of methoxy groups -OCH3 is 1. The number of hydrogen-bond donors (Lipinski definition) is 1. The summed E-state index contributed by atoms with van der Waals surface area (Å²) < 4.78 is 33.4. The van der Waals surface area contributed by atoms with Gasteiger partial charge in [0, 0.05) is 24.5 Å². The second-order valence-corrected chi connectivity index (χ2v) is 9.50. The topological polar surface area (TPSA) is 75.7 Å². The second-order valence-electron chi connectivity index (χ2n) is 6.89. The molecule has 1 aliphatic heterocycles. The van der Waals surface area contributed by atoms with Crippen molar-refractivity contribution >= 4 is 27.7 Å². The van der Waals surface area contributed by atoms with Gasteiger partial charge in [-0.25, -0.2) is 13.1 Å². The smallest absolute Gasteiger partial charge is 0.255 e. The first-order valence-electron chi connectivity index (χ1n) is 9.54. The number of carbonyl (C=O) groups is 1. The number of nitrogens with one attached hydrogen (secondary N) is 1. The van der Waals surface area contributed by atoms with Gasteiger partial charge in [0.05, 0.1) is 17.6 Å². The molecule has 1 fully saturated rings. The fourth-order valence-electron chi connectivity index (χ4n) is 3.29. The van der Waals surface area contributed by atoms with E-state index in [1.165, 1.54) is 17.8 Å². The molecule has 156 valence electrons. The van der Waals surface area contributed by atoms with Crippen molar-refractivity contribution in [2.75, 3.05) is 26.5 Å². The monoisotopic (exact) mass is 434 g/mol. The third-order valence-electron chi connectivity index (χ3n) is 4.98. The van der Waals surface area contributed by atoms with Crippen LogP contribution in [-0.2, 0) is 16.6 Å². The number of sulfonamides is 1. The lowest BCUT2D eigenvalue weighted by atomic mass is 10.1. The van der Waals surface area contributed by atoms with Crippen LogP contribution in [0.5, 0.6) is 5.75 Å². The van der Waals surface area contributed by atoms with Crippen LogP contribution in [0, 0.1) is 0 Å². The first kappa shape index (κ1) is 21.7. The largest absolute Gasteiger partial charge is 0.497 e. The molecule has 8 heteroatoms. The first-order chi connectivity index (χ1) is 13.9. The van der Waals surface area contributed by atoms with Crippen LogP contribution < -0.4 is 9.46 Å². The van der Waals surface area contributed by atoms with Gasteiger partial charge in [0.1, 0.15) is 5.75 Å². The maximum atomic E-state index is 13.0. The average molecular weight is 435 g/mol. The molecule has 0 aromatic heterocycles. The molecule has 0 spiro atoms. The molecule has 2 aromatic rings. The summed E-state index contributed by atoms with van der Waals surface area (Å²) in [6, 6.07) is 11.9. The zero-order valence-corrected chi connectivity index (χ0v) is 18.3. The van der Waals surface area contributed by atoms with Crippen molar-refractivity contribution in [2.24, 2.45) is 0 Å². The number of amides is 1. The maximum absolute atomic E-state index is 13.0. The van der Waals surface area contributed by atoms with E-state index in [2.05, 4.69) is 4.72 Å². The Morgan fingerprint density at radius 1 is 1.10 bits per heavy atom. The lowest BCUT2D eigenvalue weighted by Gasteiger charge is -2.27. The molecular weight excluding hydrogens is 408 g/mol. The highest BCUT2D eigenvalue weighted by molar-refractivity contribution is 7.98. The van der Waals surface area contributed by atoms with Crippen molar-refractivity contribution in [3.8, 4) is 5.75 Å². The van der Waals surface area contributed by atoms with E-state index in [9.17, 15) is 13.2 Å². The van der Waals surface area contributed by atoms with Gasteiger partial charge in [-0.2, -0.15) is 0 Å². The van der Waals surface area contributed by atoms with E-state index in [4.69, 9.17) is 4.74 Å². The number of benzene rings is 2. The Morgan fingerprint density at radius 3 is 2.41 bits per heavy atom. The molecule has 0 atom stereocenters. The minimum Gasteiger partial charge on any atom is -0.497 e. The molecule has 1 aliphatic rings. The molecular formula is C21H26N2O4S2. The van der Waals surface area contributed by atoms with Crippen molar-refractivity contribution < 1.29 is 17.9 Å². The summed E-state index contributed by atoms with van der Waals surface area (Å²) in [6.45, 7) is 1.60. The highest BCUT2D eigenvalue weighted by atomic mass is 32.2. The SMILES string of the molecule is COc1ccc(CNS(=O)(=O)c2ccc(SC)c(C(=O)N3CCCCC3)c2)cc1. The summed E-state index contributed by atoms with van der Waals surface area (Å²) in [5.74, 6) is 0.617. The van der Waals surface area contributed by atoms with Crippen LogP contribution in [0.1, 0.15) is 35.2 Å². The van der Waals surface area contributed by atoms with E-state index in [1.54, 1.807) is 31.4 Å². The summed E-state index contributed by atoms with van der Waals surface area (Å²) in [4.78, 5) is 15.7. The standard InChI is InChI=1S/C21H26N2O4S2/c1-27-17-8-6-16(7-9-17)15-22-29(25,26)18-10-11-20(28-2)19(14-18)21(24)23-12-4-3-5-13-23/h6-11,14,22H,3-5,12-13,15H2,1-2H3. The minimum absolute atomic E-state index is 0.0961. The number of carbonyl (C=O) groups excluding carboxylic acids is 1. The van der Waals surface area contributed by atoms with Crippen molar-refractivity contribution in [3.05, 3.63) is 53.6 Å². The van der Waals surface area contributed by atoms with Crippen molar-refractivity contribution in [2.45, 2.75) is 35.6 Å². The van der Waals surface area contributed by atoms with E-state index < -0.39 is 10.0 Å². The molecule has 1 amide bonds. The second kappa shape index (κ2) is 9.65. The van der Waals surface area contributed by atoms with E-state index in [0.717, 1.165) is 42.8 Å². The fraction of sp³-hybridized carbons (Fsp3) is 0.381. The number of ether oxygens (including phenoxy) is 1. The van der Waals surface area contributed by atoms with Crippen molar-refractivity contribution in [3.63, 3.8) is 0 Å². The van der Waals surface area contributed by atoms with Gasteiger partial charge in [0.15, 0.2) is 0 Å². The van der Waals surface area contributed by atoms with E-state index in [0.29, 0.717) is 11.3 Å². The van der Waals surface area contributed by atoms with Gasteiger partial charge in [-0.3, -0.25) is 4.79 Å². The third-order valence-corrected chi connectivity index (χ3v) is 7.18. The van der Waals surface area contributed by atoms with E-state index >= 15 is 0 Å². The lowest BCUT2D eigenvalue weighted by molar-refractivity contribution is 0.0720. The summed E-state index contributed by atoms with van der Waals surface area (Å²) in [5, 5.41) is 0. The molecule has 0 radical (unpaired) electrons. The summed E-state index contributed by atoms with van der Waals surface area (Å²) in [7, 11) is -2.17. The number of hydrogen-bond acceptors (Lipinski definition) is 5.